The fourth-order valence-corrected chi connectivity index (χ4v) is 9.72. The number of allylic oxidation sites excluding steroid dienone is 2. The van der Waals surface area contributed by atoms with Crippen LogP contribution in [-0.2, 0) is 0 Å². The summed E-state index contributed by atoms with van der Waals surface area (Å²) in [5.74, 6) is 0. The predicted octanol–water partition coefficient (Wildman–Crippen LogP) is 2.79. The first kappa shape index (κ1) is 18.7. The number of rotatable bonds is 3. The van der Waals surface area contributed by atoms with Gasteiger partial charge in [-0.1, -0.05) is 115 Å². The third kappa shape index (κ3) is 2.94. The first-order valence-electron chi connectivity index (χ1n) is 9.38. The Morgan fingerprint density at radius 2 is 1.07 bits per heavy atom. The molecule has 0 nitrogen and oxygen atoms in total. The van der Waals surface area contributed by atoms with E-state index in [1.54, 1.807) is 0 Å². The topological polar surface area (TPSA) is 0 Å². The van der Waals surface area contributed by atoms with Gasteiger partial charge in [0.1, 0.15) is 8.07 Å². The third-order valence-corrected chi connectivity index (χ3v) is 11.5. The standard InChI is InChI=1S/C25H22Si.Na.H/c1-26(21-11-3-2-4-12-21,24-17-15-19-9-5-7-13-22(19)24)25-18-16-20-10-6-8-14-23(20)25;;/h2-18,24-25H,1H3;;/q;+1;-1. The summed E-state index contributed by atoms with van der Waals surface area (Å²) in [5, 5.41) is 1.54. The smallest absolute Gasteiger partial charge is 1.00 e. The zero-order chi connectivity index (χ0) is 17.6. The van der Waals surface area contributed by atoms with Gasteiger partial charge in [0.05, 0.1) is 0 Å². The average Bonchev–Trinajstić information content (AvgIpc) is 3.33. The van der Waals surface area contributed by atoms with Crippen LogP contribution in [0.4, 0.5) is 0 Å². The first-order valence-corrected chi connectivity index (χ1v) is 12.0. The molecule has 0 fully saturated rings. The van der Waals surface area contributed by atoms with E-state index in [1.165, 1.54) is 27.4 Å². The summed E-state index contributed by atoms with van der Waals surface area (Å²) in [7, 11) is -1.94. The van der Waals surface area contributed by atoms with Crippen molar-refractivity contribution in [3.8, 4) is 0 Å². The van der Waals surface area contributed by atoms with Gasteiger partial charge in [0.25, 0.3) is 0 Å². The second-order valence-corrected chi connectivity index (χ2v) is 12.0. The molecule has 0 N–H and O–H groups in total. The van der Waals surface area contributed by atoms with Crippen LogP contribution >= 0.6 is 0 Å². The van der Waals surface area contributed by atoms with Crippen LogP contribution in [0.1, 0.15) is 34.8 Å². The molecule has 3 aromatic rings. The minimum Gasteiger partial charge on any atom is -1.00 e. The molecule has 2 unspecified atom stereocenters. The van der Waals surface area contributed by atoms with Crippen molar-refractivity contribution >= 4 is 25.4 Å². The minimum absolute atomic E-state index is 0. The van der Waals surface area contributed by atoms with Crippen LogP contribution in [0.3, 0.4) is 0 Å². The van der Waals surface area contributed by atoms with Crippen molar-refractivity contribution in [1.82, 2.24) is 0 Å². The molecule has 2 aliphatic carbocycles. The molecule has 2 heteroatoms. The third-order valence-electron chi connectivity index (χ3n) is 6.29. The van der Waals surface area contributed by atoms with Crippen molar-refractivity contribution in [3.63, 3.8) is 0 Å². The second kappa shape index (κ2) is 7.41. The van der Waals surface area contributed by atoms with Crippen LogP contribution < -0.4 is 34.7 Å². The second-order valence-electron chi connectivity index (χ2n) is 7.58. The molecule has 0 bridgehead atoms. The maximum absolute atomic E-state index is 2.58. The van der Waals surface area contributed by atoms with Crippen LogP contribution in [0.15, 0.2) is 91.0 Å². The molecular formula is C25H23NaSi. The van der Waals surface area contributed by atoms with Crippen LogP contribution in [0.2, 0.25) is 6.55 Å². The Balaban J connectivity index is 0.00000112. The largest absolute Gasteiger partial charge is 1.00 e. The van der Waals surface area contributed by atoms with E-state index >= 15 is 0 Å². The number of benzene rings is 3. The fraction of sp³-hybridized carbons (Fsp3) is 0.120. The Morgan fingerprint density at radius 1 is 0.630 bits per heavy atom. The summed E-state index contributed by atoms with van der Waals surface area (Å²) < 4.78 is 0. The van der Waals surface area contributed by atoms with E-state index in [0.717, 1.165) is 0 Å². The Labute approximate surface area is 186 Å². The van der Waals surface area contributed by atoms with Gasteiger partial charge in [-0.3, -0.25) is 0 Å². The van der Waals surface area contributed by atoms with Crippen LogP contribution in [0.5, 0.6) is 0 Å². The van der Waals surface area contributed by atoms with Crippen molar-refractivity contribution in [2.45, 2.75) is 17.6 Å². The minimum atomic E-state index is -1.94. The molecule has 0 saturated carbocycles. The molecule has 2 aliphatic rings. The monoisotopic (exact) mass is 374 g/mol. The van der Waals surface area contributed by atoms with E-state index in [-0.39, 0.29) is 31.0 Å². The van der Waals surface area contributed by atoms with Crippen molar-refractivity contribution in [1.29, 1.82) is 0 Å². The van der Waals surface area contributed by atoms with Crippen molar-refractivity contribution in [3.05, 3.63) is 113 Å². The SMILES string of the molecule is C[Si](c1ccccc1)(C1C=Cc2ccccc21)C1C=Cc2ccccc21.[H-].[Na+]. The van der Waals surface area contributed by atoms with E-state index < -0.39 is 8.07 Å². The van der Waals surface area contributed by atoms with E-state index in [2.05, 4.69) is 110 Å². The predicted molar refractivity (Wildman–Crippen MR) is 115 cm³/mol. The summed E-state index contributed by atoms with van der Waals surface area (Å²) in [6.07, 6.45) is 9.61. The molecule has 0 radical (unpaired) electrons. The first-order chi connectivity index (χ1) is 12.8. The van der Waals surface area contributed by atoms with Gasteiger partial charge in [-0.15, -0.1) is 0 Å². The zero-order valence-electron chi connectivity index (χ0n) is 17.0. The molecule has 0 aliphatic heterocycles. The molecule has 0 spiro atoms. The molecule has 128 valence electrons. The Bertz CT molecular complexity index is 964. The molecule has 5 rings (SSSR count). The summed E-state index contributed by atoms with van der Waals surface area (Å²) in [5.41, 5.74) is 6.79. The van der Waals surface area contributed by atoms with Crippen LogP contribution in [-0.4, -0.2) is 8.07 Å². The van der Waals surface area contributed by atoms with Crippen molar-refractivity contribution in [2.75, 3.05) is 0 Å². The van der Waals surface area contributed by atoms with Gasteiger partial charge in [0, 0.05) is 11.1 Å². The molecule has 0 saturated heterocycles. The van der Waals surface area contributed by atoms with E-state index in [1.807, 2.05) is 0 Å². The van der Waals surface area contributed by atoms with E-state index in [4.69, 9.17) is 0 Å². The molecule has 0 amide bonds. The summed E-state index contributed by atoms with van der Waals surface area (Å²) in [6.45, 7) is 2.58. The summed E-state index contributed by atoms with van der Waals surface area (Å²) in [6, 6.07) is 29.1. The van der Waals surface area contributed by atoms with Gasteiger partial charge in [0.2, 0.25) is 0 Å². The van der Waals surface area contributed by atoms with E-state index in [0.29, 0.717) is 11.1 Å². The maximum atomic E-state index is 2.58. The van der Waals surface area contributed by atoms with Crippen molar-refractivity contribution < 1.29 is 31.0 Å². The average molecular weight is 375 g/mol. The van der Waals surface area contributed by atoms with Gasteiger partial charge in [-0.25, -0.2) is 0 Å². The number of hydrogen-bond acceptors (Lipinski definition) is 0. The van der Waals surface area contributed by atoms with E-state index in [9.17, 15) is 0 Å². The summed E-state index contributed by atoms with van der Waals surface area (Å²) >= 11 is 0. The van der Waals surface area contributed by atoms with Gasteiger partial charge in [-0.2, -0.15) is 0 Å². The van der Waals surface area contributed by atoms with Crippen molar-refractivity contribution in [2.24, 2.45) is 0 Å². The fourth-order valence-electron chi connectivity index (χ4n) is 4.89. The molecule has 0 heterocycles. The molecule has 3 aromatic carbocycles. The van der Waals surface area contributed by atoms with Gasteiger partial charge >= 0.3 is 29.6 Å². The maximum Gasteiger partial charge on any atom is 1.00 e. The Hall–Kier alpha value is -1.64. The Kier molecular flexibility index (Phi) is 5.13. The number of hydrogen-bond donors (Lipinski definition) is 0. The Morgan fingerprint density at radius 3 is 1.59 bits per heavy atom. The van der Waals surface area contributed by atoms with Crippen LogP contribution in [0, 0.1) is 0 Å². The normalized spacial score (nSPS) is 21.2. The molecular weight excluding hydrogens is 351 g/mol. The summed E-state index contributed by atoms with van der Waals surface area (Å²) in [4.78, 5) is 0. The van der Waals surface area contributed by atoms with Crippen LogP contribution in [0.25, 0.3) is 12.2 Å². The molecule has 2 atom stereocenters. The number of fused-ring (bicyclic) bond motifs is 2. The van der Waals surface area contributed by atoms with Gasteiger partial charge < -0.3 is 1.43 Å². The van der Waals surface area contributed by atoms with Gasteiger partial charge in [-0.05, 0) is 22.3 Å². The quantitative estimate of drug-likeness (QED) is 0.619. The molecule has 0 aromatic heterocycles. The van der Waals surface area contributed by atoms with Gasteiger partial charge in [0.15, 0.2) is 0 Å². The zero-order valence-corrected chi connectivity index (χ0v) is 19.0. The molecule has 27 heavy (non-hydrogen) atoms.